The minimum atomic E-state index is -4.64. The summed E-state index contributed by atoms with van der Waals surface area (Å²) in [6, 6.07) is 0. The Morgan fingerprint density at radius 2 is 1.12 bits per heavy atom. The average Bonchev–Trinajstić information content (AvgIpc) is 0.722. The van der Waals surface area contributed by atoms with Crippen molar-refractivity contribution in [2.45, 2.75) is 0 Å². The largest absolute Gasteiger partial charge is 0.316 e. The Kier molecular flexibility index (Phi) is 25.3. The SMILES string of the molecule is O=P(O)(O)O.[LiH].[MgH2].[Mn]. The zero-order valence-electron chi connectivity index (χ0n) is 2.58. The first-order valence-corrected chi connectivity index (χ1v) is 2.35. The van der Waals surface area contributed by atoms with Crippen molar-refractivity contribution < 1.29 is 36.3 Å². The Bertz CT molecular complexity index is 62.2. The Morgan fingerprint density at radius 1 is 1.12 bits per heavy atom. The first-order valence-electron chi connectivity index (χ1n) is 0.783. The van der Waals surface area contributed by atoms with Gasteiger partial charge in [-0.2, -0.15) is 0 Å². The third-order valence-electron chi connectivity index (χ3n) is 0. The molecule has 0 bridgehead atoms. The molecule has 8 heteroatoms. The molecule has 0 amide bonds. The van der Waals surface area contributed by atoms with Gasteiger partial charge in [-0.1, -0.05) is 0 Å². The molecular formula is H6LiMgMnO4P. The van der Waals surface area contributed by atoms with Gasteiger partial charge in [-0.3, -0.25) is 0 Å². The van der Waals surface area contributed by atoms with Crippen LogP contribution in [0.25, 0.3) is 0 Å². The van der Waals surface area contributed by atoms with Gasteiger partial charge in [-0.15, -0.1) is 0 Å². The molecule has 0 unspecified atom stereocenters. The molecule has 4 nitrogen and oxygen atoms in total. The second-order valence-corrected chi connectivity index (χ2v) is 1.54. The van der Waals surface area contributed by atoms with Crippen molar-refractivity contribution in [2.24, 2.45) is 0 Å². The standard InChI is InChI=1S/Li.Mg.Mn.H3O4P.3H/c;;;1-5(2,3)4;;;/h;;;(H3,1,2,3,4);;;. The van der Waals surface area contributed by atoms with Gasteiger partial charge in [-0.25, -0.2) is 4.57 Å². The quantitative estimate of drug-likeness (QED) is 0.289. The van der Waals surface area contributed by atoms with Gasteiger partial charge in [0.2, 0.25) is 0 Å². The molecular weight excluding hydrogens is 181 g/mol. The minimum Gasteiger partial charge on any atom is 0 e. The molecule has 3 N–H and O–H groups in total. The second kappa shape index (κ2) is 8.99. The predicted octanol–water partition coefficient (Wildman–Crippen LogP) is -2.50. The molecule has 0 atom stereocenters. The van der Waals surface area contributed by atoms with Gasteiger partial charge in [0.1, 0.15) is 0 Å². The summed E-state index contributed by atoms with van der Waals surface area (Å²) in [6.45, 7) is 0. The van der Waals surface area contributed by atoms with E-state index in [1.165, 1.54) is 0 Å². The zero-order valence-corrected chi connectivity index (χ0v) is 4.65. The minimum absolute atomic E-state index is 0. The van der Waals surface area contributed by atoms with Crippen LogP contribution in [-0.2, 0) is 21.6 Å². The number of phosphoric acid groups is 1. The normalized spacial score (nSPS) is 7.38. The molecule has 0 saturated carbocycles. The van der Waals surface area contributed by atoms with E-state index in [9.17, 15) is 0 Å². The van der Waals surface area contributed by atoms with Crippen LogP contribution in [0.15, 0.2) is 0 Å². The summed E-state index contributed by atoms with van der Waals surface area (Å²) in [4.78, 5) is 21.6. The third-order valence-corrected chi connectivity index (χ3v) is 0. The van der Waals surface area contributed by atoms with Crippen LogP contribution < -0.4 is 0 Å². The summed E-state index contributed by atoms with van der Waals surface area (Å²) in [5, 5.41) is 0. The van der Waals surface area contributed by atoms with Crippen molar-refractivity contribution in [1.82, 2.24) is 0 Å². The smallest absolute Gasteiger partial charge is 0 e. The fraction of sp³-hybridized carbons (Fsp3) is 0. The molecule has 0 aliphatic carbocycles. The van der Waals surface area contributed by atoms with Crippen LogP contribution >= 0.6 is 7.82 Å². The molecule has 0 heterocycles. The summed E-state index contributed by atoms with van der Waals surface area (Å²) < 4.78 is 8.88. The van der Waals surface area contributed by atoms with Gasteiger partial charge >= 0.3 is 49.7 Å². The third kappa shape index (κ3) is 98.4. The van der Waals surface area contributed by atoms with E-state index in [0.717, 1.165) is 0 Å². The fourth-order valence-electron chi connectivity index (χ4n) is 0. The van der Waals surface area contributed by atoms with Gasteiger partial charge in [-0.05, 0) is 0 Å². The molecule has 0 fully saturated rings. The van der Waals surface area contributed by atoms with Crippen molar-refractivity contribution >= 4 is 49.7 Å². The predicted molar refractivity (Wildman–Crippen MR) is 30.0 cm³/mol. The van der Waals surface area contributed by atoms with Crippen LogP contribution in [-0.4, -0.2) is 56.6 Å². The maximum Gasteiger partial charge on any atom is 0.316 e. The van der Waals surface area contributed by atoms with Crippen molar-refractivity contribution in [2.75, 3.05) is 0 Å². The molecule has 0 aliphatic heterocycles. The Morgan fingerprint density at radius 3 is 1.12 bits per heavy atom. The van der Waals surface area contributed by atoms with Crippen LogP contribution in [0.3, 0.4) is 0 Å². The van der Waals surface area contributed by atoms with E-state index in [2.05, 4.69) is 0 Å². The van der Waals surface area contributed by atoms with E-state index < -0.39 is 7.82 Å². The second-order valence-electron chi connectivity index (χ2n) is 0.513. The Labute approximate surface area is 85.5 Å². The van der Waals surface area contributed by atoms with Crippen LogP contribution in [0, 0.1) is 0 Å². The van der Waals surface area contributed by atoms with E-state index in [4.69, 9.17) is 19.2 Å². The molecule has 8 heavy (non-hydrogen) atoms. The Balaban J connectivity index is -0.0000000267. The summed E-state index contributed by atoms with van der Waals surface area (Å²) in [7, 11) is -4.64. The fourth-order valence-corrected chi connectivity index (χ4v) is 0. The van der Waals surface area contributed by atoms with Gasteiger partial charge in [0.25, 0.3) is 0 Å². The monoisotopic (exact) mass is 187 g/mol. The van der Waals surface area contributed by atoms with Crippen LogP contribution in [0.4, 0.5) is 0 Å². The van der Waals surface area contributed by atoms with Crippen molar-refractivity contribution in [3.8, 4) is 0 Å². The average molecular weight is 187 g/mol. The van der Waals surface area contributed by atoms with E-state index in [1.54, 1.807) is 0 Å². The molecule has 0 aromatic heterocycles. The van der Waals surface area contributed by atoms with Gasteiger partial charge in [0.15, 0.2) is 0 Å². The molecule has 0 saturated heterocycles. The topological polar surface area (TPSA) is 77.8 Å². The number of hydrogen-bond donors (Lipinski definition) is 3. The number of hydrogen-bond acceptors (Lipinski definition) is 1. The first kappa shape index (κ1) is 22.5. The van der Waals surface area contributed by atoms with E-state index >= 15 is 0 Å². The van der Waals surface area contributed by atoms with E-state index in [0.29, 0.717) is 0 Å². The van der Waals surface area contributed by atoms with Gasteiger partial charge in [0, 0.05) is 17.1 Å². The van der Waals surface area contributed by atoms with Crippen LogP contribution in [0.5, 0.6) is 0 Å². The van der Waals surface area contributed by atoms with Crippen molar-refractivity contribution in [3.05, 3.63) is 0 Å². The van der Waals surface area contributed by atoms with Gasteiger partial charge in [0.05, 0.1) is 0 Å². The molecule has 0 spiro atoms. The van der Waals surface area contributed by atoms with Crippen LogP contribution in [0.2, 0.25) is 0 Å². The summed E-state index contributed by atoms with van der Waals surface area (Å²) in [5.74, 6) is 0. The van der Waals surface area contributed by atoms with Crippen molar-refractivity contribution in [1.29, 1.82) is 0 Å². The maximum atomic E-state index is 8.88. The van der Waals surface area contributed by atoms with Crippen LogP contribution in [0.1, 0.15) is 0 Å². The summed E-state index contributed by atoms with van der Waals surface area (Å²) in [6.07, 6.45) is 0. The van der Waals surface area contributed by atoms with Crippen molar-refractivity contribution in [3.63, 3.8) is 0 Å². The zero-order chi connectivity index (χ0) is 4.50. The summed E-state index contributed by atoms with van der Waals surface area (Å²) >= 11 is 0. The maximum absolute atomic E-state index is 8.88. The molecule has 45 valence electrons. The molecule has 0 aromatic carbocycles. The van der Waals surface area contributed by atoms with E-state index in [1.807, 2.05) is 0 Å². The molecule has 1 radical (unpaired) electrons. The van der Waals surface area contributed by atoms with E-state index in [-0.39, 0.29) is 59.0 Å². The molecule has 0 rings (SSSR count). The summed E-state index contributed by atoms with van der Waals surface area (Å²) in [5.41, 5.74) is 0. The first-order chi connectivity index (χ1) is 2.00. The molecule has 0 aliphatic rings. The van der Waals surface area contributed by atoms with Gasteiger partial charge < -0.3 is 14.7 Å². The number of rotatable bonds is 0. The molecule has 0 aromatic rings. The Hall–Kier alpha value is 1.99.